The lowest BCUT2D eigenvalue weighted by atomic mass is 9.91. The van der Waals surface area contributed by atoms with E-state index in [1.54, 1.807) is 13.2 Å². The highest BCUT2D eigenvalue weighted by molar-refractivity contribution is 5.83. The number of carboxylic acids is 1. The van der Waals surface area contributed by atoms with Gasteiger partial charge in [0, 0.05) is 19.8 Å². The van der Waals surface area contributed by atoms with Crippen molar-refractivity contribution >= 4 is 12.0 Å². The third kappa shape index (κ3) is 3.51. The molecule has 0 radical (unpaired) electrons. The molecule has 0 aromatic carbocycles. The predicted molar refractivity (Wildman–Crippen MR) is 77.6 cm³/mol. The highest BCUT2D eigenvalue weighted by atomic mass is 16.4. The Kier molecular flexibility index (Phi) is 4.77. The number of rotatable bonds is 3. The lowest BCUT2D eigenvalue weighted by molar-refractivity contribution is -0.145. The first-order valence-corrected chi connectivity index (χ1v) is 7.15. The molecule has 21 heavy (non-hydrogen) atoms. The fourth-order valence-electron chi connectivity index (χ4n) is 2.80. The van der Waals surface area contributed by atoms with Gasteiger partial charge in [-0.2, -0.15) is 0 Å². The van der Waals surface area contributed by atoms with E-state index < -0.39 is 12.0 Å². The third-order valence-corrected chi connectivity index (χ3v) is 3.88. The summed E-state index contributed by atoms with van der Waals surface area (Å²) in [6, 6.07) is 4.54. The molecule has 1 aliphatic heterocycles. The molecule has 6 nitrogen and oxygen atoms in total. The van der Waals surface area contributed by atoms with Gasteiger partial charge in [-0.25, -0.2) is 9.59 Å². The average molecular weight is 291 g/mol. The first-order valence-electron chi connectivity index (χ1n) is 7.15. The number of hydrogen-bond acceptors (Lipinski definition) is 3. The molecule has 0 bridgehead atoms. The number of carboxylic acid groups (broad SMARTS) is 1. The van der Waals surface area contributed by atoms with Crippen LogP contribution in [0.2, 0.25) is 0 Å². The summed E-state index contributed by atoms with van der Waals surface area (Å²) in [5.74, 6) is -0.953. The normalized spacial score (nSPS) is 21.9. The second-order valence-electron chi connectivity index (χ2n) is 5.56. The maximum absolute atomic E-state index is 12.5. The number of amides is 2. The van der Waals surface area contributed by atoms with E-state index in [4.69, 9.17) is 0 Å². The number of hydrogen-bond donors (Lipinski definition) is 1. The topological polar surface area (TPSA) is 73.7 Å². The van der Waals surface area contributed by atoms with Crippen LogP contribution in [-0.4, -0.2) is 51.5 Å². The second-order valence-corrected chi connectivity index (χ2v) is 5.56. The number of urea groups is 1. The van der Waals surface area contributed by atoms with Crippen molar-refractivity contribution in [3.63, 3.8) is 0 Å². The SMILES string of the molecule is CC1CCCN(C(=O)N(C)Cc2ccccn2)C1C(=O)O. The van der Waals surface area contributed by atoms with Gasteiger partial charge in [0.2, 0.25) is 0 Å². The highest BCUT2D eigenvalue weighted by Crippen LogP contribution is 2.24. The van der Waals surface area contributed by atoms with Crippen molar-refractivity contribution in [2.24, 2.45) is 5.92 Å². The molecule has 1 N–H and O–H groups in total. The summed E-state index contributed by atoms with van der Waals surface area (Å²) in [6.45, 7) is 2.75. The van der Waals surface area contributed by atoms with Gasteiger partial charge in [-0.05, 0) is 30.9 Å². The first-order chi connectivity index (χ1) is 10.0. The van der Waals surface area contributed by atoms with E-state index in [-0.39, 0.29) is 11.9 Å². The fourth-order valence-corrected chi connectivity index (χ4v) is 2.80. The lowest BCUT2D eigenvalue weighted by Gasteiger charge is -2.39. The number of nitrogens with zero attached hydrogens (tertiary/aromatic N) is 3. The molecule has 2 atom stereocenters. The minimum absolute atomic E-state index is 0.0246. The van der Waals surface area contributed by atoms with Gasteiger partial charge >= 0.3 is 12.0 Å². The summed E-state index contributed by atoms with van der Waals surface area (Å²) in [5.41, 5.74) is 0.783. The van der Waals surface area contributed by atoms with Crippen molar-refractivity contribution in [3.8, 4) is 0 Å². The summed E-state index contributed by atoms with van der Waals surface area (Å²) >= 11 is 0. The molecule has 1 aliphatic rings. The largest absolute Gasteiger partial charge is 0.480 e. The van der Waals surface area contributed by atoms with Gasteiger partial charge in [0.25, 0.3) is 0 Å². The van der Waals surface area contributed by atoms with Gasteiger partial charge in [-0.1, -0.05) is 13.0 Å². The minimum Gasteiger partial charge on any atom is -0.480 e. The van der Waals surface area contributed by atoms with Crippen LogP contribution < -0.4 is 0 Å². The molecule has 2 heterocycles. The van der Waals surface area contributed by atoms with Gasteiger partial charge < -0.3 is 14.9 Å². The lowest BCUT2D eigenvalue weighted by Crippen LogP contribution is -2.55. The van der Waals surface area contributed by atoms with Crippen LogP contribution in [0.25, 0.3) is 0 Å². The van der Waals surface area contributed by atoms with Crippen molar-refractivity contribution in [3.05, 3.63) is 30.1 Å². The molecule has 2 unspecified atom stereocenters. The number of likely N-dealkylation sites (tertiary alicyclic amines) is 1. The summed E-state index contributed by atoms with van der Waals surface area (Å²) in [6.07, 6.45) is 3.36. The van der Waals surface area contributed by atoms with Crippen molar-refractivity contribution in [2.45, 2.75) is 32.4 Å². The van der Waals surface area contributed by atoms with E-state index in [0.717, 1.165) is 18.5 Å². The summed E-state index contributed by atoms with van der Waals surface area (Å²) in [7, 11) is 1.68. The second kappa shape index (κ2) is 6.56. The Morgan fingerprint density at radius 3 is 2.86 bits per heavy atom. The Labute approximate surface area is 124 Å². The van der Waals surface area contributed by atoms with Gasteiger partial charge in [-0.15, -0.1) is 0 Å². The molecule has 0 aliphatic carbocycles. The molecule has 1 aromatic rings. The van der Waals surface area contributed by atoms with Crippen LogP contribution in [0.1, 0.15) is 25.5 Å². The Morgan fingerprint density at radius 2 is 2.24 bits per heavy atom. The fraction of sp³-hybridized carbons (Fsp3) is 0.533. The molecule has 1 aromatic heterocycles. The Balaban J connectivity index is 2.08. The van der Waals surface area contributed by atoms with Gasteiger partial charge in [0.05, 0.1) is 12.2 Å². The van der Waals surface area contributed by atoms with E-state index in [1.165, 1.54) is 9.80 Å². The minimum atomic E-state index is -0.929. The van der Waals surface area contributed by atoms with Crippen molar-refractivity contribution in [1.29, 1.82) is 0 Å². The maximum Gasteiger partial charge on any atom is 0.326 e. The molecule has 0 spiro atoms. The van der Waals surface area contributed by atoms with Crippen LogP contribution in [0, 0.1) is 5.92 Å². The van der Waals surface area contributed by atoms with Crippen molar-refractivity contribution < 1.29 is 14.7 Å². The molecule has 0 saturated carbocycles. The molecule has 1 saturated heterocycles. The Bertz CT molecular complexity index is 506. The maximum atomic E-state index is 12.5. The zero-order valence-electron chi connectivity index (χ0n) is 12.4. The molecule has 2 amide bonds. The van der Waals surface area contributed by atoms with Gasteiger partial charge in [-0.3, -0.25) is 4.98 Å². The number of carbonyl (C=O) groups is 2. The van der Waals surface area contributed by atoms with Crippen LogP contribution in [0.15, 0.2) is 24.4 Å². The molecule has 2 rings (SSSR count). The standard InChI is InChI=1S/C15H21N3O3/c1-11-6-5-9-18(13(11)14(19)20)15(21)17(2)10-12-7-3-4-8-16-12/h3-4,7-8,11,13H,5-6,9-10H2,1-2H3,(H,19,20). The van der Waals surface area contributed by atoms with Crippen LogP contribution in [0.5, 0.6) is 0 Å². The Hall–Kier alpha value is -2.11. The first kappa shape index (κ1) is 15.3. The van der Waals surface area contributed by atoms with E-state index in [2.05, 4.69) is 4.98 Å². The number of aromatic nitrogens is 1. The van der Waals surface area contributed by atoms with Crippen molar-refractivity contribution in [1.82, 2.24) is 14.8 Å². The number of carbonyl (C=O) groups excluding carboxylic acids is 1. The van der Waals surface area contributed by atoms with Crippen LogP contribution in [-0.2, 0) is 11.3 Å². The van der Waals surface area contributed by atoms with E-state index in [0.29, 0.717) is 13.1 Å². The molecule has 114 valence electrons. The van der Waals surface area contributed by atoms with Crippen LogP contribution in [0.4, 0.5) is 4.79 Å². The molecular formula is C15H21N3O3. The summed E-state index contributed by atoms with van der Waals surface area (Å²) in [5, 5.41) is 9.37. The van der Waals surface area contributed by atoms with Gasteiger partial charge in [0.15, 0.2) is 0 Å². The predicted octanol–water partition coefficient (Wildman–Crippen LogP) is 1.82. The van der Waals surface area contributed by atoms with E-state index >= 15 is 0 Å². The smallest absolute Gasteiger partial charge is 0.326 e. The summed E-state index contributed by atoms with van der Waals surface area (Å²) < 4.78 is 0. The van der Waals surface area contributed by atoms with Crippen LogP contribution in [0.3, 0.4) is 0 Å². The monoisotopic (exact) mass is 291 g/mol. The highest BCUT2D eigenvalue weighted by Gasteiger charge is 2.38. The zero-order valence-corrected chi connectivity index (χ0v) is 12.4. The van der Waals surface area contributed by atoms with Gasteiger partial charge in [0.1, 0.15) is 6.04 Å². The Morgan fingerprint density at radius 1 is 1.48 bits per heavy atom. The third-order valence-electron chi connectivity index (χ3n) is 3.88. The van der Waals surface area contributed by atoms with E-state index in [1.807, 2.05) is 25.1 Å². The van der Waals surface area contributed by atoms with Crippen molar-refractivity contribution in [2.75, 3.05) is 13.6 Å². The average Bonchev–Trinajstić information content (AvgIpc) is 2.46. The van der Waals surface area contributed by atoms with Crippen LogP contribution >= 0.6 is 0 Å². The molecular weight excluding hydrogens is 270 g/mol. The van der Waals surface area contributed by atoms with E-state index in [9.17, 15) is 14.7 Å². The zero-order chi connectivity index (χ0) is 15.4. The number of aliphatic carboxylic acids is 1. The number of pyridine rings is 1. The number of piperidine rings is 1. The quantitative estimate of drug-likeness (QED) is 0.922. The summed E-state index contributed by atoms with van der Waals surface area (Å²) in [4.78, 5) is 31.1. The molecule has 6 heteroatoms. The molecule has 1 fully saturated rings.